The first kappa shape index (κ1) is 10.8. The molecule has 0 aliphatic heterocycles. The summed E-state index contributed by atoms with van der Waals surface area (Å²) in [5.41, 5.74) is 5.24. The maximum atomic E-state index is 13.1. The van der Waals surface area contributed by atoms with E-state index in [0.717, 1.165) is 0 Å². The van der Waals surface area contributed by atoms with E-state index < -0.39 is 11.7 Å². The Morgan fingerprint density at radius 1 is 1.57 bits per heavy atom. The van der Waals surface area contributed by atoms with Crippen molar-refractivity contribution in [3.63, 3.8) is 0 Å². The molecule has 1 aromatic carbocycles. The van der Waals surface area contributed by atoms with Gasteiger partial charge in [0.15, 0.2) is 0 Å². The first-order valence-electron chi connectivity index (χ1n) is 4.07. The summed E-state index contributed by atoms with van der Waals surface area (Å²) in [7, 11) is 0. The molecule has 5 heteroatoms. The monoisotopic (exact) mass is 216 g/mol. The van der Waals surface area contributed by atoms with Crippen LogP contribution in [0.4, 0.5) is 10.1 Å². The van der Waals surface area contributed by atoms with Crippen LogP contribution in [0.1, 0.15) is 6.42 Å². The third kappa shape index (κ3) is 3.22. The number of nitrogens with one attached hydrogen (secondary N) is 1. The third-order valence-corrected chi connectivity index (χ3v) is 1.85. The zero-order chi connectivity index (χ0) is 10.6. The highest BCUT2D eigenvalue weighted by atomic mass is 35.5. The number of hydrogen-bond acceptors (Lipinski definition) is 2. The lowest BCUT2D eigenvalue weighted by Gasteiger charge is -2.05. The second kappa shape index (κ2) is 4.81. The molecule has 3 N–H and O–H groups in total. The van der Waals surface area contributed by atoms with Gasteiger partial charge in [-0.05, 0) is 18.2 Å². The summed E-state index contributed by atoms with van der Waals surface area (Å²) < 4.78 is 13.1. The molecule has 3 nitrogen and oxygen atoms in total. The molecule has 0 unspecified atom stereocenters. The first-order valence-corrected chi connectivity index (χ1v) is 4.44. The summed E-state index contributed by atoms with van der Waals surface area (Å²) in [6.07, 6.45) is 0.169. The number of halogens is 2. The minimum Gasteiger partial charge on any atom is -0.382 e. The number of carbonyl (C=O) groups is 1. The van der Waals surface area contributed by atoms with E-state index >= 15 is 0 Å². The van der Waals surface area contributed by atoms with Crippen LogP contribution in [-0.4, -0.2) is 12.5 Å². The molecule has 0 aliphatic rings. The largest absolute Gasteiger partial charge is 0.382 e. The highest BCUT2D eigenvalue weighted by molar-refractivity contribution is 6.30. The quantitative estimate of drug-likeness (QED) is 0.806. The molecule has 0 fully saturated rings. The van der Waals surface area contributed by atoms with Gasteiger partial charge in [-0.25, -0.2) is 4.39 Å². The van der Waals surface area contributed by atoms with Crippen LogP contribution in [0.25, 0.3) is 0 Å². The van der Waals surface area contributed by atoms with Crippen LogP contribution in [-0.2, 0) is 4.79 Å². The summed E-state index contributed by atoms with van der Waals surface area (Å²) in [6, 6.07) is 4.28. The Morgan fingerprint density at radius 2 is 2.29 bits per heavy atom. The van der Waals surface area contributed by atoms with Gasteiger partial charge in [0.2, 0.25) is 5.91 Å². The summed E-state index contributed by atoms with van der Waals surface area (Å²) in [5.74, 6) is -0.867. The van der Waals surface area contributed by atoms with Gasteiger partial charge in [0, 0.05) is 18.0 Å². The van der Waals surface area contributed by atoms with Crippen molar-refractivity contribution >= 4 is 23.2 Å². The number of primary amides is 1. The average molecular weight is 217 g/mol. The van der Waals surface area contributed by atoms with Gasteiger partial charge in [0.05, 0.1) is 5.69 Å². The molecular formula is C9H10ClFN2O. The molecule has 0 aromatic heterocycles. The predicted octanol–water partition coefficient (Wildman–Crippen LogP) is 1.77. The van der Waals surface area contributed by atoms with Crippen LogP contribution < -0.4 is 11.1 Å². The fourth-order valence-electron chi connectivity index (χ4n) is 0.953. The lowest BCUT2D eigenvalue weighted by Crippen LogP contribution is -2.16. The van der Waals surface area contributed by atoms with E-state index in [0.29, 0.717) is 17.3 Å². The standard InChI is InChI=1S/C9H10ClFN2O/c10-6-1-2-8(7(11)5-6)13-4-3-9(12)14/h1-2,5,13H,3-4H2,(H2,12,14). The van der Waals surface area contributed by atoms with Crippen LogP contribution in [0.2, 0.25) is 5.02 Å². The van der Waals surface area contributed by atoms with Gasteiger partial charge in [-0.2, -0.15) is 0 Å². The summed E-state index contributed by atoms with van der Waals surface area (Å²) in [5, 5.41) is 3.07. The Labute approximate surface area is 86.0 Å². The van der Waals surface area contributed by atoms with Gasteiger partial charge in [-0.1, -0.05) is 11.6 Å². The Bertz CT molecular complexity index is 344. The van der Waals surface area contributed by atoms with Gasteiger partial charge in [0.1, 0.15) is 5.82 Å². The second-order valence-corrected chi connectivity index (χ2v) is 3.20. The van der Waals surface area contributed by atoms with Crippen molar-refractivity contribution in [1.29, 1.82) is 0 Å². The number of rotatable bonds is 4. The molecule has 1 amide bonds. The highest BCUT2D eigenvalue weighted by Gasteiger charge is 2.02. The zero-order valence-electron chi connectivity index (χ0n) is 7.39. The summed E-state index contributed by atoms with van der Waals surface area (Å²) in [4.78, 5) is 10.4. The summed E-state index contributed by atoms with van der Waals surface area (Å²) in [6.45, 7) is 0.313. The Hall–Kier alpha value is -1.29. The number of nitrogens with two attached hydrogens (primary N) is 1. The van der Waals surface area contributed by atoms with Crippen LogP contribution in [0.15, 0.2) is 18.2 Å². The number of benzene rings is 1. The van der Waals surface area contributed by atoms with Crippen molar-refractivity contribution in [2.24, 2.45) is 5.73 Å². The molecule has 0 heterocycles. The zero-order valence-corrected chi connectivity index (χ0v) is 8.14. The first-order chi connectivity index (χ1) is 6.59. The summed E-state index contributed by atoms with van der Waals surface area (Å²) >= 11 is 5.56. The molecule has 0 atom stereocenters. The Kier molecular flexibility index (Phi) is 3.71. The molecule has 1 aromatic rings. The molecule has 76 valence electrons. The van der Waals surface area contributed by atoms with Gasteiger partial charge < -0.3 is 11.1 Å². The number of hydrogen-bond donors (Lipinski definition) is 2. The SMILES string of the molecule is NC(=O)CCNc1ccc(Cl)cc1F. The van der Waals surface area contributed by atoms with Crippen LogP contribution in [0.5, 0.6) is 0 Å². The third-order valence-electron chi connectivity index (χ3n) is 1.62. The topological polar surface area (TPSA) is 55.1 Å². The second-order valence-electron chi connectivity index (χ2n) is 2.77. The molecule has 0 saturated carbocycles. The predicted molar refractivity (Wildman–Crippen MR) is 53.7 cm³/mol. The fraction of sp³-hybridized carbons (Fsp3) is 0.222. The molecular weight excluding hydrogens is 207 g/mol. The lowest BCUT2D eigenvalue weighted by atomic mass is 10.3. The fourth-order valence-corrected chi connectivity index (χ4v) is 1.11. The van der Waals surface area contributed by atoms with Crippen molar-refractivity contribution in [3.8, 4) is 0 Å². The van der Waals surface area contributed by atoms with Crippen LogP contribution >= 0.6 is 11.6 Å². The minimum atomic E-state index is -0.443. The van der Waals surface area contributed by atoms with E-state index in [2.05, 4.69) is 5.32 Å². The smallest absolute Gasteiger partial charge is 0.219 e. The highest BCUT2D eigenvalue weighted by Crippen LogP contribution is 2.18. The van der Waals surface area contributed by atoms with E-state index in [4.69, 9.17) is 17.3 Å². The Morgan fingerprint density at radius 3 is 2.86 bits per heavy atom. The molecule has 1 rings (SSSR count). The maximum Gasteiger partial charge on any atom is 0.219 e. The molecule has 0 radical (unpaired) electrons. The van der Waals surface area contributed by atoms with Crippen molar-refractivity contribution in [2.75, 3.05) is 11.9 Å². The molecule has 14 heavy (non-hydrogen) atoms. The van der Waals surface area contributed by atoms with Crippen molar-refractivity contribution in [2.45, 2.75) is 6.42 Å². The van der Waals surface area contributed by atoms with E-state index in [1.54, 1.807) is 6.07 Å². The average Bonchev–Trinajstić information content (AvgIpc) is 2.08. The maximum absolute atomic E-state index is 13.1. The van der Waals surface area contributed by atoms with Gasteiger partial charge in [-0.3, -0.25) is 4.79 Å². The number of carbonyl (C=O) groups excluding carboxylic acids is 1. The number of amides is 1. The molecule has 0 saturated heterocycles. The molecule has 0 aliphatic carbocycles. The van der Waals surface area contributed by atoms with Crippen LogP contribution in [0.3, 0.4) is 0 Å². The normalized spacial score (nSPS) is 9.86. The molecule has 0 spiro atoms. The van der Waals surface area contributed by atoms with Gasteiger partial charge in [0.25, 0.3) is 0 Å². The van der Waals surface area contributed by atoms with Gasteiger partial charge in [-0.15, -0.1) is 0 Å². The van der Waals surface area contributed by atoms with E-state index in [1.807, 2.05) is 0 Å². The minimum absolute atomic E-state index is 0.169. The van der Waals surface area contributed by atoms with Crippen molar-refractivity contribution in [1.82, 2.24) is 0 Å². The number of anilines is 1. The Balaban J connectivity index is 2.55. The molecule has 0 bridgehead atoms. The van der Waals surface area contributed by atoms with E-state index in [-0.39, 0.29) is 6.42 Å². The van der Waals surface area contributed by atoms with Crippen molar-refractivity contribution in [3.05, 3.63) is 29.0 Å². The van der Waals surface area contributed by atoms with Gasteiger partial charge >= 0.3 is 0 Å². The van der Waals surface area contributed by atoms with E-state index in [1.165, 1.54) is 12.1 Å². The van der Waals surface area contributed by atoms with Crippen molar-refractivity contribution < 1.29 is 9.18 Å². The van der Waals surface area contributed by atoms with E-state index in [9.17, 15) is 9.18 Å². The lowest BCUT2D eigenvalue weighted by molar-refractivity contribution is -0.117. The van der Waals surface area contributed by atoms with Crippen LogP contribution in [0, 0.1) is 5.82 Å².